The number of hydrogen-bond acceptors (Lipinski definition) is 5. The van der Waals surface area contributed by atoms with Crippen LogP contribution in [0.2, 0.25) is 0 Å². The molecule has 0 spiro atoms. The summed E-state index contributed by atoms with van der Waals surface area (Å²) in [7, 11) is 2.06. The van der Waals surface area contributed by atoms with Crippen LogP contribution < -0.4 is 5.32 Å². The lowest BCUT2D eigenvalue weighted by Crippen LogP contribution is -2.51. The van der Waals surface area contributed by atoms with Crippen molar-refractivity contribution in [3.63, 3.8) is 0 Å². The molecule has 0 bridgehead atoms. The van der Waals surface area contributed by atoms with Crippen LogP contribution in [0.3, 0.4) is 0 Å². The van der Waals surface area contributed by atoms with Crippen molar-refractivity contribution in [1.29, 1.82) is 0 Å². The number of piperazine rings is 1. The van der Waals surface area contributed by atoms with E-state index in [-0.39, 0.29) is 30.0 Å². The highest BCUT2D eigenvalue weighted by atomic mass is 79.9. The van der Waals surface area contributed by atoms with Crippen molar-refractivity contribution in [2.45, 2.75) is 12.8 Å². The number of furan rings is 1. The summed E-state index contributed by atoms with van der Waals surface area (Å²) in [4.78, 5) is 42.8. The summed E-state index contributed by atoms with van der Waals surface area (Å²) in [5, 5.41) is 2.57. The number of hydrogen-bond donors (Lipinski definition) is 1. The van der Waals surface area contributed by atoms with Gasteiger partial charge in [-0.2, -0.15) is 0 Å². The van der Waals surface area contributed by atoms with E-state index in [1.54, 1.807) is 17.0 Å². The zero-order valence-corrected chi connectivity index (χ0v) is 17.0. The first-order chi connectivity index (χ1) is 12.9. The number of nitrogens with zero attached hydrogens (tertiary/aromatic N) is 3. The largest absolute Gasteiger partial charge is 0.444 e. The number of amides is 3. The molecule has 2 saturated heterocycles. The molecule has 1 aromatic heterocycles. The molecule has 2 aliphatic heterocycles. The van der Waals surface area contributed by atoms with Crippen LogP contribution in [0.4, 0.5) is 0 Å². The maximum Gasteiger partial charge on any atom is 0.287 e. The third-order valence-electron chi connectivity index (χ3n) is 5.21. The number of nitrogens with one attached hydrogen (secondary N) is 1. The summed E-state index contributed by atoms with van der Waals surface area (Å²) in [6, 6.07) is 3.16. The second-order valence-corrected chi connectivity index (χ2v) is 7.85. The minimum absolute atomic E-state index is 0.00693. The topological polar surface area (TPSA) is 86.1 Å². The van der Waals surface area contributed by atoms with Gasteiger partial charge in [0.1, 0.15) is 0 Å². The summed E-state index contributed by atoms with van der Waals surface area (Å²) in [5.41, 5.74) is 0. The SMILES string of the molecule is CN1CCN(C(=O)C2CCN(C(=O)CNC(=O)c3ccc(Br)o3)CC2)CC1. The van der Waals surface area contributed by atoms with E-state index < -0.39 is 5.91 Å². The molecular weight excluding hydrogens is 416 g/mol. The van der Waals surface area contributed by atoms with Gasteiger partial charge in [-0.15, -0.1) is 0 Å². The van der Waals surface area contributed by atoms with Crippen molar-refractivity contribution in [2.24, 2.45) is 5.92 Å². The second-order valence-electron chi connectivity index (χ2n) is 7.07. The average molecular weight is 441 g/mol. The van der Waals surface area contributed by atoms with Crippen LogP contribution in [0, 0.1) is 5.92 Å². The Labute approximate surface area is 167 Å². The molecule has 0 aliphatic carbocycles. The van der Waals surface area contributed by atoms with E-state index in [9.17, 15) is 14.4 Å². The fourth-order valence-corrected chi connectivity index (χ4v) is 3.76. The van der Waals surface area contributed by atoms with Crippen LogP contribution in [0.15, 0.2) is 21.2 Å². The second kappa shape index (κ2) is 8.88. The monoisotopic (exact) mass is 440 g/mol. The first kappa shape index (κ1) is 19.9. The van der Waals surface area contributed by atoms with Crippen LogP contribution in [0.1, 0.15) is 23.4 Å². The number of halogens is 1. The number of carbonyl (C=O) groups is 3. The molecule has 0 atom stereocenters. The summed E-state index contributed by atoms with van der Waals surface area (Å²) >= 11 is 3.14. The summed E-state index contributed by atoms with van der Waals surface area (Å²) in [6.45, 7) is 4.40. The first-order valence-electron chi connectivity index (χ1n) is 9.22. The van der Waals surface area contributed by atoms with Crippen LogP contribution in [-0.2, 0) is 9.59 Å². The maximum atomic E-state index is 12.6. The van der Waals surface area contributed by atoms with Gasteiger partial charge in [0.25, 0.3) is 5.91 Å². The van der Waals surface area contributed by atoms with Crippen molar-refractivity contribution in [1.82, 2.24) is 20.0 Å². The highest BCUT2D eigenvalue weighted by molar-refractivity contribution is 9.10. The first-order valence-corrected chi connectivity index (χ1v) is 10.0. The summed E-state index contributed by atoms with van der Waals surface area (Å²) in [6.07, 6.45) is 1.35. The normalized spacial score (nSPS) is 19.2. The van der Waals surface area contributed by atoms with Crippen LogP contribution in [0.5, 0.6) is 0 Å². The van der Waals surface area contributed by atoms with E-state index in [0.29, 0.717) is 30.6 Å². The predicted molar refractivity (Wildman–Crippen MR) is 102 cm³/mol. The summed E-state index contributed by atoms with van der Waals surface area (Å²) < 4.78 is 5.63. The molecule has 0 saturated carbocycles. The molecule has 2 fully saturated rings. The molecule has 27 heavy (non-hydrogen) atoms. The minimum atomic E-state index is -0.422. The van der Waals surface area contributed by atoms with Gasteiger partial charge in [0.05, 0.1) is 6.54 Å². The smallest absolute Gasteiger partial charge is 0.287 e. The van der Waals surface area contributed by atoms with E-state index in [1.807, 2.05) is 4.90 Å². The number of piperidine rings is 1. The molecule has 2 aliphatic rings. The predicted octanol–water partition coefficient (Wildman–Crippen LogP) is 0.785. The van der Waals surface area contributed by atoms with Gasteiger partial charge in [0.2, 0.25) is 11.8 Å². The molecule has 0 unspecified atom stereocenters. The van der Waals surface area contributed by atoms with Gasteiger partial charge in [0, 0.05) is 45.2 Å². The fourth-order valence-electron chi connectivity index (χ4n) is 3.45. The number of carbonyl (C=O) groups excluding carboxylic acids is 3. The Morgan fingerprint density at radius 1 is 1.07 bits per heavy atom. The molecule has 0 aromatic carbocycles. The van der Waals surface area contributed by atoms with Gasteiger partial charge in [0.15, 0.2) is 10.4 Å². The molecule has 1 N–H and O–H groups in total. The van der Waals surface area contributed by atoms with Crippen LogP contribution in [-0.4, -0.2) is 85.3 Å². The number of rotatable bonds is 4. The van der Waals surface area contributed by atoms with Crippen molar-refractivity contribution >= 4 is 33.7 Å². The lowest BCUT2D eigenvalue weighted by Gasteiger charge is -2.37. The quantitative estimate of drug-likeness (QED) is 0.747. The third kappa shape index (κ3) is 5.10. The van der Waals surface area contributed by atoms with Gasteiger partial charge >= 0.3 is 0 Å². The van der Waals surface area contributed by atoms with E-state index >= 15 is 0 Å². The van der Waals surface area contributed by atoms with Crippen molar-refractivity contribution in [3.05, 3.63) is 22.6 Å². The molecule has 8 nitrogen and oxygen atoms in total. The van der Waals surface area contributed by atoms with Gasteiger partial charge in [-0.05, 0) is 48.0 Å². The molecule has 9 heteroatoms. The number of likely N-dealkylation sites (N-methyl/N-ethyl adjacent to an activating group) is 1. The molecule has 3 heterocycles. The Bertz CT molecular complexity index is 691. The van der Waals surface area contributed by atoms with Crippen molar-refractivity contribution in [2.75, 3.05) is 52.9 Å². The fraction of sp³-hybridized carbons (Fsp3) is 0.611. The highest BCUT2D eigenvalue weighted by Gasteiger charge is 2.31. The maximum absolute atomic E-state index is 12.6. The van der Waals surface area contributed by atoms with Gasteiger partial charge in [-0.1, -0.05) is 0 Å². The lowest BCUT2D eigenvalue weighted by molar-refractivity contribution is -0.141. The van der Waals surface area contributed by atoms with Gasteiger partial charge in [-0.3, -0.25) is 14.4 Å². The standard InChI is InChI=1S/C18H25BrN4O4/c1-21-8-10-23(11-9-21)18(26)13-4-6-22(7-5-13)16(24)12-20-17(25)14-2-3-15(19)27-14/h2-3,13H,4-12H2,1H3,(H,20,25). The number of likely N-dealkylation sites (tertiary alicyclic amines) is 1. The lowest BCUT2D eigenvalue weighted by atomic mass is 9.95. The summed E-state index contributed by atoms with van der Waals surface area (Å²) in [5.74, 6) is -0.195. The van der Waals surface area contributed by atoms with E-state index in [0.717, 1.165) is 26.2 Å². The van der Waals surface area contributed by atoms with Crippen LogP contribution >= 0.6 is 15.9 Å². The molecule has 3 amide bonds. The van der Waals surface area contributed by atoms with Crippen molar-refractivity contribution < 1.29 is 18.8 Å². The molecule has 1 aromatic rings. The Balaban J connectivity index is 1.41. The minimum Gasteiger partial charge on any atom is -0.444 e. The van der Waals surface area contributed by atoms with Gasteiger partial charge < -0.3 is 24.4 Å². The molecular formula is C18H25BrN4O4. The average Bonchev–Trinajstić information content (AvgIpc) is 3.12. The molecule has 0 radical (unpaired) electrons. The Hall–Kier alpha value is -1.87. The zero-order valence-electron chi connectivity index (χ0n) is 15.4. The van der Waals surface area contributed by atoms with E-state index in [2.05, 4.69) is 33.2 Å². The highest BCUT2D eigenvalue weighted by Crippen LogP contribution is 2.20. The molecule has 148 valence electrons. The Morgan fingerprint density at radius 2 is 1.74 bits per heavy atom. The molecule has 3 rings (SSSR count). The van der Waals surface area contributed by atoms with Crippen LogP contribution in [0.25, 0.3) is 0 Å². The zero-order chi connectivity index (χ0) is 19.4. The third-order valence-corrected chi connectivity index (χ3v) is 5.64. The van der Waals surface area contributed by atoms with Crippen molar-refractivity contribution in [3.8, 4) is 0 Å². The Morgan fingerprint density at radius 3 is 2.33 bits per heavy atom. The van der Waals surface area contributed by atoms with E-state index in [4.69, 9.17) is 4.42 Å². The Kier molecular flexibility index (Phi) is 6.54. The van der Waals surface area contributed by atoms with Gasteiger partial charge in [-0.25, -0.2) is 0 Å². The van der Waals surface area contributed by atoms with E-state index in [1.165, 1.54) is 0 Å².